The Labute approximate surface area is 163 Å². The van der Waals surface area contributed by atoms with E-state index in [1.54, 1.807) is 12.4 Å². The second-order valence-corrected chi connectivity index (χ2v) is 7.19. The average molecular weight is 374 g/mol. The molecule has 142 valence electrons. The molecular formula is C22H22N4O2. The Morgan fingerprint density at radius 2 is 1.89 bits per heavy atom. The molecule has 1 N–H and O–H groups in total. The first-order valence-corrected chi connectivity index (χ1v) is 9.64. The molecule has 2 aromatic rings. The number of aromatic nitrogens is 1. The van der Waals surface area contributed by atoms with Gasteiger partial charge in [0.25, 0.3) is 11.8 Å². The van der Waals surface area contributed by atoms with Gasteiger partial charge in [-0.05, 0) is 66.6 Å². The Morgan fingerprint density at radius 1 is 1.07 bits per heavy atom. The average Bonchev–Trinajstić information content (AvgIpc) is 2.75. The number of hydrogen-bond acceptors (Lipinski definition) is 4. The normalized spacial score (nSPS) is 18.7. The van der Waals surface area contributed by atoms with Crippen LogP contribution in [0.15, 0.2) is 70.2 Å². The Morgan fingerprint density at radius 3 is 2.75 bits per heavy atom. The van der Waals surface area contributed by atoms with E-state index in [1.807, 2.05) is 36.4 Å². The van der Waals surface area contributed by atoms with Gasteiger partial charge in [0, 0.05) is 36.5 Å². The van der Waals surface area contributed by atoms with Gasteiger partial charge >= 0.3 is 0 Å². The minimum atomic E-state index is -0.171. The number of benzene rings is 1. The highest BCUT2D eigenvalue weighted by Gasteiger charge is 2.28. The molecule has 1 unspecified atom stereocenters. The van der Waals surface area contributed by atoms with Crippen LogP contribution in [0.3, 0.4) is 0 Å². The number of amides is 2. The summed E-state index contributed by atoms with van der Waals surface area (Å²) in [6.07, 6.45) is 7.92. The first-order valence-electron chi connectivity index (χ1n) is 9.64. The topological polar surface area (TPSA) is 83.8 Å². The molecule has 0 spiro atoms. The fourth-order valence-corrected chi connectivity index (χ4v) is 3.80. The summed E-state index contributed by atoms with van der Waals surface area (Å²) in [5.41, 5.74) is 4.64. The van der Waals surface area contributed by atoms with Crippen LogP contribution in [0.2, 0.25) is 0 Å². The van der Waals surface area contributed by atoms with Crippen LogP contribution in [0.25, 0.3) is 0 Å². The van der Waals surface area contributed by atoms with Gasteiger partial charge in [-0.15, -0.1) is 5.11 Å². The van der Waals surface area contributed by atoms with Gasteiger partial charge in [-0.3, -0.25) is 14.6 Å². The Kier molecular flexibility index (Phi) is 5.37. The van der Waals surface area contributed by atoms with Crippen molar-refractivity contribution in [2.75, 3.05) is 0 Å². The van der Waals surface area contributed by atoms with E-state index in [0.29, 0.717) is 18.5 Å². The molecule has 0 saturated heterocycles. The molecule has 0 radical (unpaired) electrons. The molecule has 6 heteroatoms. The maximum atomic E-state index is 12.5. The van der Waals surface area contributed by atoms with Gasteiger partial charge in [-0.2, -0.15) is 5.11 Å². The number of carbonyl (C=O) groups excluding carboxylic acids is 2. The van der Waals surface area contributed by atoms with Crippen molar-refractivity contribution in [3.63, 3.8) is 0 Å². The highest BCUT2D eigenvalue weighted by atomic mass is 16.2. The molecule has 1 atom stereocenters. The zero-order valence-electron chi connectivity index (χ0n) is 15.6. The molecule has 1 aliphatic carbocycles. The molecule has 1 aromatic heterocycles. The van der Waals surface area contributed by atoms with Crippen molar-refractivity contribution >= 4 is 11.8 Å². The first-order chi connectivity index (χ1) is 13.7. The summed E-state index contributed by atoms with van der Waals surface area (Å²) >= 11 is 0. The zero-order chi connectivity index (χ0) is 19.3. The fourth-order valence-electron chi connectivity index (χ4n) is 3.80. The lowest BCUT2D eigenvalue weighted by Crippen LogP contribution is -2.24. The largest absolute Gasteiger partial charge is 0.348 e. The van der Waals surface area contributed by atoms with Crippen LogP contribution in [0, 0.1) is 0 Å². The molecule has 1 aliphatic heterocycles. The number of hydrogen-bond donors (Lipinski definition) is 1. The molecule has 4 rings (SSSR count). The summed E-state index contributed by atoms with van der Waals surface area (Å²) in [7, 11) is 0. The summed E-state index contributed by atoms with van der Waals surface area (Å²) < 4.78 is 0. The summed E-state index contributed by atoms with van der Waals surface area (Å²) in [5.74, 6) is -0.285. The first kappa shape index (κ1) is 18.2. The van der Waals surface area contributed by atoms with E-state index in [2.05, 4.69) is 20.5 Å². The fraction of sp³-hybridized carbons (Fsp3) is 0.318. The summed E-state index contributed by atoms with van der Waals surface area (Å²) in [5, 5.41) is 11.0. The van der Waals surface area contributed by atoms with Crippen LogP contribution < -0.4 is 5.32 Å². The third kappa shape index (κ3) is 4.06. The minimum Gasteiger partial charge on any atom is -0.348 e. The number of nitrogens with zero attached hydrogens (tertiary/aromatic N) is 3. The van der Waals surface area contributed by atoms with Gasteiger partial charge in [-0.25, -0.2) is 0 Å². The van der Waals surface area contributed by atoms with Gasteiger partial charge in [0.15, 0.2) is 0 Å². The van der Waals surface area contributed by atoms with Gasteiger partial charge < -0.3 is 5.32 Å². The van der Waals surface area contributed by atoms with Crippen LogP contribution in [0.1, 0.15) is 47.2 Å². The van der Waals surface area contributed by atoms with Crippen molar-refractivity contribution < 1.29 is 9.59 Å². The van der Waals surface area contributed by atoms with Crippen molar-refractivity contribution in [3.05, 3.63) is 76.6 Å². The maximum Gasteiger partial charge on any atom is 0.291 e. The van der Waals surface area contributed by atoms with E-state index in [4.69, 9.17) is 0 Å². The van der Waals surface area contributed by atoms with Crippen molar-refractivity contribution in [2.45, 2.75) is 44.7 Å². The maximum absolute atomic E-state index is 12.5. The Bertz CT molecular complexity index is 950. The van der Waals surface area contributed by atoms with E-state index in [-0.39, 0.29) is 17.9 Å². The molecular weight excluding hydrogens is 352 g/mol. The summed E-state index contributed by atoms with van der Waals surface area (Å²) in [6, 6.07) is 11.2. The molecule has 1 aromatic carbocycles. The minimum absolute atomic E-state index is 0.0943. The number of azo groups is 1. The smallest absolute Gasteiger partial charge is 0.291 e. The number of carbonyl (C=O) groups is 2. The number of pyridine rings is 1. The zero-order valence-corrected chi connectivity index (χ0v) is 15.6. The van der Waals surface area contributed by atoms with Crippen LogP contribution in [-0.2, 0) is 17.8 Å². The lowest BCUT2D eigenvalue weighted by Gasteiger charge is -2.25. The molecule has 2 amide bonds. The van der Waals surface area contributed by atoms with Crippen LogP contribution in [0.4, 0.5) is 0 Å². The standard InChI is InChI=1S/C22H22N4O2/c27-21(24-14-15-8-10-23-11-9-15)17-5-3-4-16(12-17)13-20-18-6-1-2-7-19(18)22(28)26-25-20/h3-5,8-12,20H,1-2,6-7,13-14H2,(H,24,27). The highest BCUT2D eigenvalue weighted by Crippen LogP contribution is 2.33. The lowest BCUT2D eigenvalue weighted by atomic mass is 9.84. The Balaban J connectivity index is 1.45. The Hall–Kier alpha value is -3.15. The van der Waals surface area contributed by atoms with Crippen LogP contribution >= 0.6 is 0 Å². The second-order valence-electron chi connectivity index (χ2n) is 7.19. The van der Waals surface area contributed by atoms with Crippen molar-refractivity contribution in [1.82, 2.24) is 10.3 Å². The van der Waals surface area contributed by atoms with Crippen molar-refractivity contribution in [3.8, 4) is 0 Å². The molecule has 6 nitrogen and oxygen atoms in total. The predicted octanol–water partition coefficient (Wildman–Crippen LogP) is 3.79. The van der Waals surface area contributed by atoms with Gasteiger partial charge in [0.1, 0.15) is 0 Å². The summed E-state index contributed by atoms with van der Waals surface area (Å²) in [4.78, 5) is 28.5. The molecule has 0 saturated carbocycles. The highest BCUT2D eigenvalue weighted by molar-refractivity contribution is 5.96. The lowest BCUT2D eigenvalue weighted by molar-refractivity contribution is -0.115. The monoisotopic (exact) mass is 374 g/mol. The number of rotatable bonds is 5. The van der Waals surface area contributed by atoms with Crippen LogP contribution in [0.5, 0.6) is 0 Å². The SMILES string of the molecule is O=C1N=NC(Cc2cccc(C(=O)NCc3ccncc3)c2)C2=C1CCCC2. The quantitative estimate of drug-likeness (QED) is 0.864. The summed E-state index contributed by atoms with van der Waals surface area (Å²) in [6.45, 7) is 0.459. The molecule has 0 bridgehead atoms. The second kappa shape index (κ2) is 8.25. The number of nitrogens with one attached hydrogen (secondary N) is 1. The van der Waals surface area contributed by atoms with E-state index in [1.165, 1.54) is 0 Å². The van der Waals surface area contributed by atoms with E-state index >= 15 is 0 Å². The molecule has 28 heavy (non-hydrogen) atoms. The van der Waals surface area contributed by atoms with E-state index in [9.17, 15) is 9.59 Å². The van der Waals surface area contributed by atoms with Crippen molar-refractivity contribution in [2.24, 2.45) is 10.2 Å². The van der Waals surface area contributed by atoms with E-state index in [0.717, 1.165) is 48.0 Å². The van der Waals surface area contributed by atoms with Gasteiger partial charge in [0.05, 0.1) is 6.04 Å². The van der Waals surface area contributed by atoms with Crippen molar-refractivity contribution in [1.29, 1.82) is 0 Å². The van der Waals surface area contributed by atoms with Gasteiger partial charge in [0.2, 0.25) is 0 Å². The van der Waals surface area contributed by atoms with Gasteiger partial charge in [-0.1, -0.05) is 12.1 Å². The predicted molar refractivity (Wildman–Crippen MR) is 105 cm³/mol. The van der Waals surface area contributed by atoms with Crippen LogP contribution in [-0.4, -0.2) is 22.8 Å². The molecule has 2 heterocycles. The molecule has 0 fully saturated rings. The third-order valence-corrected chi connectivity index (χ3v) is 5.28. The third-order valence-electron chi connectivity index (χ3n) is 5.28. The van der Waals surface area contributed by atoms with E-state index < -0.39 is 0 Å². The molecule has 2 aliphatic rings.